The topological polar surface area (TPSA) is 18.5 Å². The zero-order valence-electron chi connectivity index (χ0n) is 13.5. The molecule has 1 saturated carbocycles. The van der Waals surface area contributed by atoms with Crippen molar-refractivity contribution < 1.29 is 0 Å². The first-order chi connectivity index (χ1) is 9.78. The van der Waals surface area contributed by atoms with Gasteiger partial charge in [0.2, 0.25) is 0 Å². The summed E-state index contributed by atoms with van der Waals surface area (Å²) in [6.07, 6.45) is 9.92. The molecule has 3 aliphatic rings. The van der Waals surface area contributed by atoms with E-state index in [0.29, 0.717) is 0 Å². The number of hydrogen-bond donors (Lipinski definition) is 1. The Morgan fingerprint density at radius 1 is 0.950 bits per heavy atom. The maximum atomic E-state index is 3.64. The summed E-state index contributed by atoms with van der Waals surface area (Å²) in [5, 5.41) is 3.64. The molecule has 2 heterocycles. The van der Waals surface area contributed by atoms with Gasteiger partial charge in [-0.1, -0.05) is 13.3 Å². The Bertz CT molecular complexity index is 299. The molecule has 1 N–H and O–H groups in total. The smallest absolute Gasteiger partial charge is 0.0224 e. The fourth-order valence-corrected chi connectivity index (χ4v) is 4.78. The summed E-state index contributed by atoms with van der Waals surface area (Å²) < 4.78 is 0. The van der Waals surface area contributed by atoms with Gasteiger partial charge in [-0.3, -0.25) is 9.80 Å². The van der Waals surface area contributed by atoms with E-state index in [1.165, 1.54) is 64.6 Å². The maximum absolute atomic E-state index is 3.64. The minimum absolute atomic E-state index is 0.769. The van der Waals surface area contributed by atoms with Gasteiger partial charge in [0.25, 0.3) is 0 Å². The van der Waals surface area contributed by atoms with Gasteiger partial charge in [-0.05, 0) is 58.5 Å². The number of piperazine rings is 1. The lowest BCUT2D eigenvalue weighted by atomic mass is 9.87. The van der Waals surface area contributed by atoms with Crippen LogP contribution in [0.3, 0.4) is 0 Å². The minimum Gasteiger partial charge on any atom is -0.314 e. The monoisotopic (exact) mass is 279 g/mol. The maximum Gasteiger partial charge on any atom is 0.0224 e. The van der Waals surface area contributed by atoms with Crippen LogP contribution in [0, 0.1) is 0 Å². The Hall–Kier alpha value is -0.120. The van der Waals surface area contributed by atoms with Crippen LogP contribution in [0.1, 0.15) is 58.8 Å². The van der Waals surface area contributed by atoms with Crippen molar-refractivity contribution in [3.63, 3.8) is 0 Å². The van der Waals surface area contributed by atoms with Crippen molar-refractivity contribution in [3.05, 3.63) is 0 Å². The van der Waals surface area contributed by atoms with Crippen LogP contribution in [0.25, 0.3) is 0 Å². The van der Waals surface area contributed by atoms with Gasteiger partial charge in [0, 0.05) is 37.3 Å². The van der Waals surface area contributed by atoms with E-state index >= 15 is 0 Å². The molecule has 0 amide bonds. The molecule has 3 fully saturated rings. The molecular formula is C17H33N3. The van der Waals surface area contributed by atoms with Gasteiger partial charge in [0.05, 0.1) is 0 Å². The lowest BCUT2D eigenvalue weighted by Crippen LogP contribution is -2.61. The van der Waals surface area contributed by atoms with Crippen molar-refractivity contribution in [3.8, 4) is 0 Å². The second kappa shape index (κ2) is 6.76. The van der Waals surface area contributed by atoms with E-state index in [9.17, 15) is 0 Å². The van der Waals surface area contributed by atoms with E-state index in [2.05, 4.69) is 29.0 Å². The van der Waals surface area contributed by atoms with Crippen molar-refractivity contribution >= 4 is 0 Å². The highest BCUT2D eigenvalue weighted by Crippen LogP contribution is 2.30. The summed E-state index contributed by atoms with van der Waals surface area (Å²) >= 11 is 0. The number of nitrogens with zero attached hydrogens (tertiary/aromatic N) is 2. The first kappa shape index (κ1) is 14.8. The fraction of sp³-hybridized carbons (Fsp3) is 1.00. The summed E-state index contributed by atoms with van der Waals surface area (Å²) in [4.78, 5) is 5.64. The van der Waals surface area contributed by atoms with E-state index in [1.807, 2.05) is 0 Å². The quantitative estimate of drug-likeness (QED) is 0.856. The molecule has 20 heavy (non-hydrogen) atoms. The summed E-state index contributed by atoms with van der Waals surface area (Å²) in [6.45, 7) is 9.84. The highest BCUT2D eigenvalue weighted by molar-refractivity contribution is 4.93. The van der Waals surface area contributed by atoms with E-state index in [0.717, 1.165) is 30.7 Å². The van der Waals surface area contributed by atoms with Gasteiger partial charge in [-0.2, -0.15) is 0 Å². The first-order valence-electron chi connectivity index (χ1n) is 9.01. The van der Waals surface area contributed by atoms with Crippen molar-refractivity contribution in [1.82, 2.24) is 15.1 Å². The van der Waals surface area contributed by atoms with Crippen LogP contribution in [0.4, 0.5) is 0 Å². The standard InChI is InChI=1S/C17H33N3/c1-3-18-15-7-9-16(10-8-15)20-13-17-6-4-5-11-19(17)12-14(20)2/h14-18H,3-13H2,1-2H3. The lowest BCUT2D eigenvalue weighted by Gasteiger charge is -2.51. The molecule has 2 aliphatic heterocycles. The molecule has 2 saturated heterocycles. The second-order valence-electron chi connectivity index (χ2n) is 7.25. The average molecular weight is 279 g/mol. The number of fused-ring (bicyclic) bond motifs is 1. The Morgan fingerprint density at radius 3 is 2.50 bits per heavy atom. The van der Waals surface area contributed by atoms with Gasteiger partial charge in [0.15, 0.2) is 0 Å². The van der Waals surface area contributed by atoms with Gasteiger partial charge in [-0.15, -0.1) is 0 Å². The summed E-state index contributed by atoms with van der Waals surface area (Å²) in [5.74, 6) is 0. The van der Waals surface area contributed by atoms with Crippen molar-refractivity contribution in [2.24, 2.45) is 0 Å². The first-order valence-corrected chi connectivity index (χ1v) is 9.01. The van der Waals surface area contributed by atoms with Crippen LogP contribution >= 0.6 is 0 Å². The lowest BCUT2D eigenvalue weighted by molar-refractivity contribution is -0.0176. The zero-order valence-corrected chi connectivity index (χ0v) is 13.5. The van der Waals surface area contributed by atoms with Crippen LogP contribution in [-0.2, 0) is 0 Å². The van der Waals surface area contributed by atoms with E-state index in [4.69, 9.17) is 0 Å². The molecule has 3 nitrogen and oxygen atoms in total. The van der Waals surface area contributed by atoms with E-state index in [1.54, 1.807) is 0 Å². The highest BCUT2D eigenvalue weighted by atomic mass is 15.3. The molecule has 116 valence electrons. The van der Waals surface area contributed by atoms with Gasteiger partial charge < -0.3 is 5.32 Å². The molecule has 0 radical (unpaired) electrons. The average Bonchev–Trinajstić information content (AvgIpc) is 2.48. The molecule has 3 heteroatoms. The Kier molecular flexibility index (Phi) is 5.00. The number of hydrogen-bond acceptors (Lipinski definition) is 3. The predicted octanol–water partition coefficient (Wildman–Crippen LogP) is 2.47. The molecule has 0 spiro atoms. The fourth-order valence-electron chi connectivity index (χ4n) is 4.78. The molecule has 2 unspecified atom stereocenters. The minimum atomic E-state index is 0.769. The third kappa shape index (κ3) is 3.20. The van der Waals surface area contributed by atoms with Gasteiger partial charge in [-0.25, -0.2) is 0 Å². The third-order valence-corrected chi connectivity index (χ3v) is 5.89. The number of nitrogens with one attached hydrogen (secondary N) is 1. The largest absolute Gasteiger partial charge is 0.314 e. The third-order valence-electron chi connectivity index (χ3n) is 5.89. The Balaban J connectivity index is 1.54. The van der Waals surface area contributed by atoms with Crippen LogP contribution in [0.2, 0.25) is 0 Å². The molecule has 0 aromatic carbocycles. The molecule has 0 bridgehead atoms. The molecule has 1 aliphatic carbocycles. The van der Waals surface area contributed by atoms with Gasteiger partial charge in [0.1, 0.15) is 0 Å². The second-order valence-corrected chi connectivity index (χ2v) is 7.25. The van der Waals surface area contributed by atoms with E-state index < -0.39 is 0 Å². The van der Waals surface area contributed by atoms with Crippen LogP contribution in [0.15, 0.2) is 0 Å². The Labute approximate surface area is 125 Å². The molecular weight excluding hydrogens is 246 g/mol. The highest BCUT2D eigenvalue weighted by Gasteiger charge is 2.37. The number of piperidine rings is 1. The SMILES string of the molecule is CCNC1CCC(N2CC3CCCCN3CC2C)CC1. The summed E-state index contributed by atoms with van der Waals surface area (Å²) in [7, 11) is 0. The Morgan fingerprint density at radius 2 is 1.75 bits per heavy atom. The number of rotatable bonds is 3. The van der Waals surface area contributed by atoms with Gasteiger partial charge >= 0.3 is 0 Å². The van der Waals surface area contributed by atoms with Crippen molar-refractivity contribution in [2.75, 3.05) is 26.2 Å². The summed E-state index contributed by atoms with van der Waals surface area (Å²) in [6, 6.07) is 3.29. The normalized spacial score (nSPS) is 40.5. The van der Waals surface area contributed by atoms with Crippen molar-refractivity contribution in [2.45, 2.75) is 83.0 Å². The van der Waals surface area contributed by atoms with E-state index in [-0.39, 0.29) is 0 Å². The van der Waals surface area contributed by atoms with Crippen molar-refractivity contribution in [1.29, 1.82) is 0 Å². The van der Waals surface area contributed by atoms with Crippen LogP contribution in [0.5, 0.6) is 0 Å². The van der Waals surface area contributed by atoms with Crippen LogP contribution in [-0.4, -0.2) is 60.1 Å². The zero-order chi connectivity index (χ0) is 13.9. The molecule has 0 aromatic heterocycles. The van der Waals surface area contributed by atoms with Crippen LogP contribution < -0.4 is 5.32 Å². The molecule has 3 rings (SSSR count). The predicted molar refractivity (Wildman–Crippen MR) is 85.1 cm³/mol. The molecule has 0 aromatic rings. The molecule has 2 atom stereocenters. The summed E-state index contributed by atoms with van der Waals surface area (Å²) in [5.41, 5.74) is 0.